The highest BCUT2D eigenvalue weighted by Gasteiger charge is 2.15. The first-order valence-electron chi connectivity index (χ1n) is 8.24. The Kier molecular flexibility index (Phi) is 3.80. The van der Waals surface area contributed by atoms with Crippen LogP contribution in [0, 0.1) is 0 Å². The lowest BCUT2D eigenvalue weighted by molar-refractivity contribution is -0.136. The largest absolute Gasteiger partial charge is 0.481 e. The van der Waals surface area contributed by atoms with Crippen molar-refractivity contribution in [1.82, 2.24) is 14.5 Å². The lowest BCUT2D eigenvalue weighted by atomic mass is 10.1. The number of aryl methyl sites for hydroxylation is 1. The Morgan fingerprint density at radius 1 is 1.26 bits per heavy atom. The summed E-state index contributed by atoms with van der Waals surface area (Å²) < 4.78 is 1.71. The van der Waals surface area contributed by atoms with Crippen molar-refractivity contribution in [2.75, 3.05) is 5.32 Å². The molecule has 0 aliphatic heterocycles. The number of aromatic amines is 2. The second-order valence-corrected chi connectivity index (χ2v) is 6.31. The maximum Gasteiger partial charge on any atom is 0.307 e. The second-order valence-electron chi connectivity index (χ2n) is 6.31. The van der Waals surface area contributed by atoms with Crippen LogP contribution in [0.3, 0.4) is 0 Å². The number of amides is 1. The molecule has 0 atom stereocenters. The monoisotopic (exact) mass is 364 g/mol. The minimum atomic E-state index is -0.995. The van der Waals surface area contributed by atoms with Crippen molar-refractivity contribution < 1.29 is 14.7 Å². The van der Waals surface area contributed by atoms with Crippen LogP contribution in [0.4, 0.5) is 5.69 Å². The second kappa shape index (κ2) is 6.17. The Labute approximate surface area is 152 Å². The zero-order valence-electron chi connectivity index (χ0n) is 14.4. The summed E-state index contributed by atoms with van der Waals surface area (Å²) in [5.74, 6) is -1.25. The molecule has 8 heteroatoms. The highest BCUT2D eigenvalue weighted by Crippen LogP contribution is 2.29. The Morgan fingerprint density at radius 2 is 2.07 bits per heavy atom. The standard InChI is InChI=1S/C19H16N4O4/c1-23-6-2-3-14(23)18(26)21-11-4-5-13-12(8-11)16-10(7-15(24)25)9-20-19(27)17(16)22-13/h2-6,8-9,22H,7H2,1H3,(H,20,27)(H,21,26)(H,24,25). The van der Waals surface area contributed by atoms with E-state index in [4.69, 9.17) is 5.11 Å². The highest BCUT2D eigenvalue weighted by atomic mass is 16.4. The first kappa shape index (κ1) is 16.6. The molecule has 3 aromatic heterocycles. The van der Waals surface area contributed by atoms with E-state index in [9.17, 15) is 14.4 Å². The lowest BCUT2D eigenvalue weighted by Crippen LogP contribution is -2.15. The van der Waals surface area contributed by atoms with Gasteiger partial charge in [0.2, 0.25) is 0 Å². The van der Waals surface area contributed by atoms with E-state index < -0.39 is 5.97 Å². The molecule has 0 fully saturated rings. The summed E-state index contributed by atoms with van der Waals surface area (Å²) in [7, 11) is 1.78. The van der Waals surface area contributed by atoms with Gasteiger partial charge in [-0.3, -0.25) is 14.4 Å². The molecule has 8 nitrogen and oxygen atoms in total. The van der Waals surface area contributed by atoms with Gasteiger partial charge >= 0.3 is 5.97 Å². The number of pyridine rings is 1. The van der Waals surface area contributed by atoms with E-state index in [0.29, 0.717) is 38.8 Å². The number of rotatable bonds is 4. The first-order chi connectivity index (χ1) is 12.9. The number of nitrogens with one attached hydrogen (secondary N) is 3. The summed E-state index contributed by atoms with van der Waals surface area (Å²) in [6.07, 6.45) is 2.98. The van der Waals surface area contributed by atoms with Crippen molar-refractivity contribution in [2.24, 2.45) is 7.05 Å². The molecule has 0 bridgehead atoms. The minimum absolute atomic E-state index is 0.222. The number of H-pyrrole nitrogens is 2. The Balaban J connectivity index is 1.83. The van der Waals surface area contributed by atoms with Gasteiger partial charge in [-0.1, -0.05) is 0 Å². The third kappa shape index (κ3) is 2.86. The van der Waals surface area contributed by atoms with E-state index in [1.165, 1.54) is 6.20 Å². The van der Waals surface area contributed by atoms with Crippen molar-refractivity contribution in [2.45, 2.75) is 6.42 Å². The number of hydrogen-bond donors (Lipinski definition) is 4. The van der Waals surface area contributed by atoms with Crippen LogP contribution in [-0.2, 0) is 18.3 Å². The van der Waals surface area contributed by atoms with Gasteiger partial charge in [0, 0.05) is 41.4 Å². The Morgan fingerprint density at radius 3 is 2.78 bits per heavy atom. The van der Waals surface area contributed by atoms with Gasteiger partial charge < -0.3 is 25.0 Å². The number of carboxylic acid groups (broad SMARTS) is 1. The lowest BCUT2D eigenvalue weighted by Gasteiger charge is -2.07. The number of benzene rings is 1. The number of carbonyl (C=O) groups excluding carboxylic acids is 1. The molecule has 1 aromatic carbocycles. The predicted molar refractivity (Wildman–Crippen MR) is 101 cm³/mol. The zero-order valence-corrected chi connectivity index (χ0v) is 14.4. The molecule has 4 N–H and O–H groups in total. The predicted octanol–water partition coefficient (Wildman–Crippen LogP) is 2.23. The van der Waals surface area contributed by atoms with Crippen LogP contribution >= 0.6 is 0 Å². The number of anilines is 1. The van der Waals surface area contributed by atoms with Crippen molar-refractivity contribution in [3.05, 3.63) is 64.3 Å². The van der Waals surface area contributed by atoms with Gasteiger partial charge in [-0.2, -0.15) is 0 Å². The van der Waals surface area contributed by atoms with Gasteiger partial charge in [0.05, 0.1) is 6.42 Å². The molecular formula is C19H16N4O4. The van der Waals surface area contributed by atoms with Gasteiger partial charge in [-0.15, -0.1) is 0 Å². The average molecular weight is 364 g/mol. The zero-order chi connectivity index (χ0) is 19.1. The molecule has 0 aliphatic rings. The molecule has 136 valence electrons. The maximum absolute atomic E-state index is 12.4. The molecule has 0 aliphatic carbocycles. The minimum Gasteiger partial charge on any atom is -0.481 e. The van der Waals surface area contributed by atoms with E-state index in [1.807, 2.05) is 0 Å². The number of carboxylic acids is 1. The summed E-state index contributed by atoms with van der Waals surface area (Å²) in [5, 5.41) is 13.2. The molecule has 4 aromatic rings. The fourth-order valence-corrected chi connectivity index (χ4v) is 3.26. The Bertz CT molecular complexity index is 1260. The number of aromatic nitrogens is 3. The summed E-state index contributed by atoms with van der Waals surface area (Å²) in [6, 6.07) is 8.70. The molecule has 0 unspecified atom stereocenters. The maximum atomic E-state index is 12.4. The quantitative estimate of drug-likeness (QED) is 0.444. The highest BCUT2D eigenvalue weighted by molar-refractivity contribution is 6.11. The molecule has 1 amide bonds. The third-order valence-electron chi connectivity index (χ3n) is 4.50. The number of aliphatic carboxylic acids is 1. The number of carbonyl (C=O) groups is 2. The van der Waals surface area contributed by atoms with Crippen molar-refractivity contribution in [3.8, 4) is 0 Å². The van der Waals surface area contributed by atoms with Crippen LogP contribution in [-0.4, -0.2) is 31.5 Å². The molecular weight excluding hydrogens is 348 g/mol. The smallest absolute Gasteiger partial charge is 0.307 e. The summed E-state index contributed by atoms with van der Waals surface area (Å²) in [5.41, 5.74) is 2.23. The Hall–Kier alpha value is -3.81. The fourth-order valence-electron chi connectivity index (χ4n) is 3.26. The number of nitrogens with zero attached hydrogens (tertiary/aromatic N) is 1. The van der Waals surface area contributed by atoms with Gasteiger partial charge in [0.25, 0.3) is 11.5 Å². The molecule has 3 heterocycles. The van der Waals surface area contributed by atoms with Crippen LogP contribution in [0.5, 0.6) is 0 Å². The average Bonchev–Trinajstić information content (AvgIpc) is 3.21. The van der Waals surface area contributed by atoms with Gasteiger partial charge in [-0.05, 0) is 35.9 Å². The van der Waals surface area contributed by atoms with Gasteiger partial charge in [0.15, 0.2) is 0 Å². The van der Waals surface area contributed by atoms with E-state index in [2.05, 4.69) is 15.3 Å². The van der Waals surface area contributed by atoms with E-state index in [0.717, 1.165) is 0 Å². The fraction of sp³-hybridized carbons (Fsp3) is 0.105. The third-order valence-corrected chi connectivity index (χ3v) is 4.50. The summed E-state index contributed by atoms with van der Waals surface area (Å²) in [6.45, 7) is 0. The van der Waals surface area contributed by atoms with Crippen molar-refractivity contribution in [1.29, 1.82) is 0 Å². The normalized spacial score (nSPS) is 11.1. The molecule has 0 radical (unpaired) electrons. The summed E-state index contributed by atoms with van der Waals surface area (Å²) >= 11 is 0. The van der Waals surface area contributed by atoms with E-state index in [1.54, 1.807) is 48.1 Å². The molecule has 0 saturated heterocycles. The first-order valence-corrected chi connectivity index (χ1v) is 8.24. The van der Waals surface area contributed by atoms with E-state index >= 15 is 0 Å². The molecule has 0 spiro atoms. The van der Waals surface area contributed by atoms with Crippen LogP contribution in [0.1, 0.15) is 16.1 Å². The van der Waals surface area contributed by atoms with E-state index in [-0.39, 0.29) is 17.9 Å². The van der Waals surface area contributed by atoms with Crippen LogP contribution < -0.4 is 10.9 Å². The summed E-state index contributed by atoms with van der Waals surface area (Å²) in [4.78, 5) is 41.3. The topological polar surface area (TPSA) is 120 Å². The molecule has 0 saturated carbocycles. The SMILES string of the molecule is Cn1cccc1C(=O)Nc1ccc2[nH]c3c(=O)[nH]cc(CC(=O)O)c3c2c1. The molecule has 4 rings (SSSR count). The van der Waals surface area contributed by atoms with Crippen LogP contribution in [0.25, 0.3) is 21.8 Å². The van der Waals surface area contributed by atoms with Crippen molar-refractivity contribution in [3.63, 3.8) is 0 Å². The van der Waals surface area contributed by atoms with Gasteiger partial charge in [-0.25, -0.2) is 0 Å². The van der Waals surface area contributed by atoms with Gasteiger partial charge in [0.1, 0.15) is 11.2 Å². The van der Waals surface area contributed by atoms with Crippen LogP contribution in [0.2, 0.25) is 0 Å². The van der Waals surface area contributed by atoms with Crippen molar-refractivity contribution >= 4 is 39.4 Å². The molecule has 27 heavy (non-hydrogen) atoms. The number of fused-ring (bicyclic) bond motifs is 3. The van der Waals surface area contributed by atoms with Crippen LogP contribution in [0.15, 0.2) is 47.5 Å². The number of hydrogen-bond acceptors (Lipinski definition) is 3.